The fraction of sp³-hybridized carbons (Fsp3) is 0.200. The molecule has 0 aliphatic rings. The lowest BCUT2D eigenvalue weighted by Crippen LogP contribution is -2.20. The minimum atomic E-state index is -0.468. The Labute approximate surface area is 183 Å². The third-order valence-electron chi connectivity index (χ3n) is 3.63. The molecule has 2 N–H and O–H groups in total. The number of benzene rings is 2. The molecule has 0 saturated carbocycles. The number of hydrogen-bond donors (Lipinski definition) is 2. The van der Waals surface area contributed by atoms with E-state index in [0.29, 0.717) is 27.0 Å². The number of amides is 2. The van der Waals surface area contributed by atoms with Gasteiger partial charge in [-0.2, -0.15) is 5.10 Å². The fourth-order valence-corrected chi connectivity index (χ4v) is 2.72. The highest BCUT2D eigenvalue weighted by atomic mass is 35.5. The first-order valence-corrected chi connectivity index (χ1v) is 9.47. The summed E-state index contributed by atoms with van der Waals surface area (Å²) in [6.45, 7) is 1.29. The van der Waals surface area contributed by atoms with E-state index in [0.717, 1.165) is 0 Å². The summed E-state index contributed by atoms with van der Waals surface area (Å²) in [6, 6.07) is 9.46. The number of rotatable bonds is 8. The van der Waals surface area contributed by atoms with Gasteiger partial charge in [-0.05, 0) is 42.0 Å². The van der Waals surface area contributed by atoms with E-state index in [2.05, 4.69) is 15.8 Å². The zero-order valence-corrected chi connectivity index (χ0v) is 17.7. The first-order chi connectivity index (χ1) is 14.3. The highest BCUT2D eigenvalue weighted by Crippen LogP contribution is 2.27. The summed E-state index contributed by atoms with van der Waals surface area (Å²) in [4.78, 5) is 34.9. The Morgan fingerprint density at radius 2 is 1.77 bits per heavy atom. The smallest absolute Gasteiger partial charge is 0.308 e. The highest BCUT2D eigenvalue weighted by Gasteiger charge is 2.10. The maximum atomic E-state index is 12.0. The number of nitrogens with zero attached hydrogens (tertiary/aromatic N) is 1. The minimum Gasteiger partial charge on any atom is -0.493 e. The molecule has 2 amide bonds. The van der Waals surface area contributed by atoms with Crippen molar-refractivity contribution in [3.8, 4) is 11.5 Å². The number of carbonyl (C=O) groups is 3. The summed E-state index contributed by atoms with van der Waals surface area (Å²) >= 11 is 11.8. The molecule has 2 aromatic carbocycles. The fourth-order valence-electron chi connectivity index (χ4n) is 2.27. The Bertz CT molecular complexity index is 979. The molecule has 2 aromatic rings. The van der Waals surface area contributed by atoms with Crippen LogP contribution in [0.15, 0.2) is 41.5 Å². The minimum absolute atomic E-state index is 0.0504. The first-order valence-electron chi connectivity index (χ1n) is 8.71. The van der Waals surface area contributed by atoms with Crippen LogP contribution in [0.4, 0.5) is 5.69 Å². The van der Waals surface area contributed by atoms with Crippen LogP contribution in [-0.4, -0.2) is 31.1 Å². The number of ether oxygens (including phenoxy) is 2. The molecule has 0 atom stereocenters. The number of methoxy groups -OCH3 is 1. The van der Waals surface area contributed by atoms with Gasteiger partial charge in [0.25, 0.3) is 0 Å². The van der Waals surface area contributed by atoms with Crippen LogP contribution >= 0.6 is 23.2 Å². The Kier molecular flexibility index (Phi) is 8.64. The lowest BCUT2D eigenvalue weighted by atomic mass is 10.2. The average Bonchev–Trinajstić information content (AvgIpc) is 2.69. The van der Waals surface area contributed by atoms with Crippen LogP contribution in [0.5, 0.6) is 11.5 Å². The van der Waals surface area contributed by atoms with Crippen molar-refractivity contribution < 1.29 is 23.9 Å². The molecule has 0 aromatic heterocycles. The Hall–Kier alpha value is -3.10. The molecule has 0 bridgehead atoms. The normalized spacial score (nSPS) is 10.5. The van der Waals surface area contributed by atoms with Crippen molar-refractivity contribution in [3.05, 3.63) is 52.0 Å². The number of anilines is 1. The van der Waals surface area contributed by atoms with E-state index in [4.69, 9.17) is 32.7 Å². The van der Waals surface area contributed by atoms with Crippen molar-refractivity contribution in [2.24, 2.45) is 5.10 Å². The van der Waals surface area contributed by atoms with Gasteiger partial charge in [-0.15, -0.1) is 0 Å². The second kappa shape index (κ2) is 11.2. The molecule has 10 heteroatoms. The Morgan fingerprint density at radius 3 is 2.43 bits per heavy atom. The number of hydrogen-bond acceptors (Lipinski definition) is 6. The third kappa shape index (κ3) is 7.38. The Balaban J connectivity index is 1.83. The second-order valence-corrected chi connectivity index (χ2v) is 6.81. The molecule has 2 rings (SSSR count). The summed E-state index contributed by atoms with van der Waals surface area (Å²) in [6.07, 6.45) is 1.28. The third-order valence-corrected chi connectivity index (χ3v) is 4.18. The molecule has 0 radical (unpaired) electrons. The summed E-state index contributed by atoms with van der Waals surface area (Å²) in [7, 11) is 1.44. The summed E-state index contributed by atoms with van der Waals surface area (Å²) in [5.74, 6) is -0.656. The second-order valence-electron chi connectivity index (χ2n) is 5.97. The van der Waals surface area contributed by atoms with E-state index < -0.39 is 11.9 Å². The van der Waals surface area contributed by atoms with Gasteiger partial charge < -0.3 is 14.8 Å². The van der Waals surface area contributed by atoms with Crippen LogP contribution in [0.1, 0.15) is 25.3 Å². The van der Waals surface area contributed by atoms with E-state index in [1.165, 1.54) is 26.3 Å². The molecule has 30 heavy (non-hydrogen) atoms. The molecule has 0 fully saturated rings. The summed E-state index contributed by atoms with van der Waals surface area (Å²) < 4.78 is 10.2. The maximum Gasteiger partial charge on any atom is 0.308 e. The highest BCUT2D eigenvalue weighted by molar-refractivity contribution is 6.36. The van der Waals surface area contributed by atoms with Crippen LogP contribution in [0.3, 0.4) is 0 Å². The van der Waals surface area contributed by atoms with Gasteiger partial charge >= 0.3 is 5.97 Å². The molecule has 0 unspecified atom stereocenters. The number of halogens is 2. The molecule has 0 saturated heterocycles. The topological polar surface area (TPSA) is 106 Å². The largest absolute Gasteiger partial charge is 0.493 e. The van der Waals surface area contributed by atoms with Gasteiger partial charge in [0, 0.05) is 24.8 Å². The van der Waals surface area contributed by atoms with Crippen molar-refractivity contribution in [2.45, 2.75) is 19.8 Å². The van der Waals surface area contributed by atoms with Gasteiger partial charge in [-0.1, -0.05) is 23.2 Å². The van der Waals surface area contributed by atoms with Crippen LogP contribution in [0, 0.1) is 0 Å². The van der Waals surface area contributed by atoms with E-state index >= 15 is 0 Å². The Morgan fingerprint density at radius 1 is 1.03 bits per heavy atom. The zero-order valence-electron chi connectivity index (χ0n) is 16.2. The van der Waals surface area contributed by atoms with Crippen molar-refractivity contribution in [1.29, 1.82) is 0 Å². The predicted octanol–water partition coefficient (Wildman–Crippen LogP) is 3.80. The van der Waals surface area contributed by atoms with Crippen LogP contribution in [-0.2, 0) is 14.4 Å². The monoisotopic (exact) mass is 451 g/mol. The number of esters is 1. The van der Waals surface area contributed by atoms with E-state index in [9.17, 15) is 14.4 Å². The van der Waals surface area contributed by atoms with Gasteiger partial charge in [0.1, 0.15) is 0 Å². The number of nitrogens with one attached hydrogen (secondary N) is 2. The molecule has 0 heterocycles. The summed E-state index contributed by atoms with van der Waals surface area (Å²) in [5, 5.41) is 7.20. The maximum absolute atomic E-state index is 12.0. The molecule has 0 aliphatic carbocycles. The van der Waals surface area contributed by atoms with E-state index in [1.807, 2.05) is 0 Å². The van der Waals surface area contributed by atoms with Gasteiger partial charge in [-0.25, -0.2) is 5.43 Å². The molecule has 158 valence electrons. The molecule has 8 nitrogen and oxygen atoms in total. The van der Waals surface area contributed by atoms with E-state index in [1.54, 1.807) is 30.3 Å². The van der Waals surface area contributed by atoms with Gasteiger partial charge in [0.05, 0.1) is 24.0 Å². The SMILES string of the molecule is COc1cc(C=NNC(=O)CCC(=O)Nc2ccc(Cl)cc2Cl)ccc1OC(C)=O. The molecular formula is C20H19Cl2N3O5. The predicted molar refractivity (Wildman–Crippen MR) is 114 cm³/mol. The van der Waals surface area contributed by atoms with Gasteiger partial charge in [-0.3, -0.25) is 14.4 Å². The average molecular weight is 452 g/mol. The zero-order chi connectivity index (χ0) is 22.1. The van der Waals surface area contributed by atoms with Gasteiger partial charge in [0.15, 0.2) is 11.5 Å². The lowest BCUT2D eigenvalue weighted by Gasteiger charge is -2.08. The molecule has 0 aliphatic heterocycles. The van der Waals surface area contributed by atoms with Crippen molar-refractivity contribution >= 4 is 52.9 Å². The first kappa shape index (κ1) is 23.2. The van der Waals surface area contributed by atoms with E-state index in [-0.39, 0.29) is 24.5 Å². The van der Waals surface area contributed by atoms with Crippen molar-refractivity contribution in [3.63, 3.8) is 0 Å². The standard InChI is InChI=1S/C20H19Cl2N3O5/c1-12(26)30-17-6-3-13(9-18(17)29-2)11-23-25-20(28)8-7-19(27)24-16-5-4-14(21)10-15(16)22/h3-6,9-11H,7-8H2,1-2H3,(H,24,27)(H,25,28). The molecular weight excluding hydrogens is 433 g/mol. The number of carbonyl (C=O) groups excluding carboxylic acids is 3. The van der Waals surface area contributed by atoms with Crippen molar-refractivity contribution in [1.82, 2.24) is 5.43 Å². The van der Waals surface area contributed by atoms with Crippen LogP contribution < -0.4 is 20.2 Å². The lowest BCUT2D eigenvalue weighted by molar-refractivity contribution is -0.132. The van der Waals surface area contributed by atoms with Gasteiger partial charge in [0.2, 0.25) is 11.8 Å². The van der Waals surface area contributed by atoms with Crippen LogP contribution in [0.2, 0.25) is 10.0 Å². The quantitative estimate of drug-likeness (QED) is 0.274. The molecule has 0 spiro atoms. The summed E-state index contributed by atoms with van der Waals surface area (Å²) in [5.41, 5.74) is 3.36. The number of hydrazone groups is 1. The van der Waals surface area contributed by atoms with Crippen LogP contribution in [0.25, 0.3) is 0 Å². The van der Waals surface area contributed by atoms with Crippen molar-refractivity contribution in [2.75, 3.05) is 12.4 Å².